The summed E-state index contributed by atoms with van der Waals surface area (Å²) in [7, 11) is 0. The van der Waals surface area contributed by atoms with Crippen molar-refractivity contribution in [3.63, 3.8) is 0 Å². The molecule has 0 bridgehead atoms. The number of carboxylic acids is 1. The molecule has 0 aliphatic heterocycles. The minimum absolute atomic E-state index is 0.0213. The Kier molecular flexibility index (Phi) is 2.66. The van der Waals surface area contributed by atoms with Crippen molar-refractivity contribution in [2.45, 2.75) is 39.7 Å². The van der Waals surface area contributed by atoms with Crippen LogP contribution in [0, 0.1) is 17.3 Å². The zero-order chi connectivity index (χ0) is 10.2. The first-order valence-corrected chi connectivity index (χ1v) is 4.75. The van der Waals surface area contributed by atoms with Crippen LogP contribution in [0.2, 0.25) is 0 Å². The molecule has 0 saturated heterocycles. The van der Waals surface area contributed by atoms with Gasteiger partial charge in [0, 0.05) is 6.42 Å². The molecule has 0 amide bonds. The van der Waals surface area contributed by atoms with Gasteiger partial charge in [0.1, 0.15) is 0 Å². The highest BCUT2D eigenvalue weighted by Crippen LogP contribution is 2.54. The van der Waals surface area contributed by atoms with Gasteiger partial charge in [0.15, 0.2) is 0 Å². The van der Waals surface area contributed by atoms with Crippen LogP contribution in [0.3, 0.4) is 0 Å². The molecule has 3 nitrogen and oxygen atoms in total. The van der Waals surface area contributed by atoms with Crippen molar-refractivity contribution in [2.24, 2.45) is 17.3 Å². The third-order valence-corrected chi connectivity index (χ3v) is 3.55. The van der Waals surface area contributed by atoms with Crippen molar-refractivity contribution < 1.29 is 15.0 Å². The molecule has 0 aromatic carbocycles. The van der Waals surface area contributed by atoms with Gasteiger partial charge in [-0.25, -0.2) is 0 Å². The summed E-state index contributed by atoms with van der Waals surface area (Å²) in [5, 5.41) is 18.1. The van der Waals surface area contributed by atoms with Crippen molar-refractivity contribution in [2.75, 3.05) is 0 Å². The first-order valence-electron chi connectivity index (χ1n) is 4.75. The first-order chi connectivity index (χ1) is 5.85. The molecule has 1 saturated carbocycles. The summed E-state index contributed by atoms with van der Waals surface area (Å²) in [4.78, 5) is 10.5. The van der Waals surface area contributed by atoms with E-state index in [1.54, 1.807) is 6.92 Å². The third-order valence-electron chi connectivity index (χ3n) is 3.55. The van der Waals surface area contributed by atoms with Crippen LogP contribution < -0.4 is 0 Å². The molecule has 1 aliphatic carbocycles. The van der Waals surface area contributed by atoms with E-state index in [1.807, 2.05) is 13.8 Å². The second kappa shape index (κ2) is 3.29. The fraction of sp³-hybridized carbons (Fsp3) is 0.900. The lowest BCUT2D eigenvalue weighted by molar-refractivity contribution is -0.147. The zero-order valence-corrected chi connectivity index (χ0v) is 8.45. The predicted molar refractivity (Wildman–Crippen MR) is 49.3 cm³/mol. The smallest absolute Gasteiger partial charge is 0.303 e. The van der Waals surface area contributed by atoms with Gasteiger partial charge in [-0.2, -0.15) is 0 Å². The van der Waals surface area contributed by atoms with Gasteiger partial charge in [-0.15, -0.1) is 0 Å². The minimum atomic E-state index is -0.734. The molecule has 2 N–H and O–H groups in total. The number of carboxylic acid groups (broad SMARTS) is 1. The molecule has 76 valence electrons. The molecule has 0 unspecified atom stereocenters. The number of carbonyl (C=O) groups is 1. The number of aliphatic carboxylic acids is 1. The Bertz CT molecular complexity index is 208. The number of aliphatic hydroxyl groups is 1. The largest absolute Gasteiger partial charge is 0.481 e. The molecule has 0 spiro atoms. The second-order valence-corrected chi connectivity index (χ2v) is 4.70. The Morgan fingerprint density at radius 1 is 1.62 bits per heavy atom. The van der Waals surface area contributed by atoms with E-state index < -0.39 is 5.97 Å². The summed E-state index contributed by atoms with van der Waals surface area (Å²) < 4.78 is 0. The second-order valence-electron chi connectivity index (χ2n) is 4.70. The summed E-state index contributed by atoms with van der Waals surface area (Å²) >= 11 is 0. The Morgan fingerprint density at radius 3 is 2.46 bits per heavy atom. The third kappa shape index (κ3) is 1.85. The molecule has 0 aromatic rings. The average Bonchev–Trinajstić information content (AvgIpc) is 1.96. The Labute approximate surface area is 78.8 Å². The molecule has 1 rings (SSSR count). The zero-order valence-electron chi connectivity index (χ0n) is 8.45. The summed E-state index contributed by atoms with van der Waals surface area (Å²) in [6.07, 6.45) is 0.757. The standard InChI is InChI=1S/C10H18O3/c1-6(11)8-4-7(5-9(12)13)10(8,2)3/h6-8,11H,4-5H2,1-3H3,(H,12,13)/t6-,7-,8+/m1/s1. The number of hydrogen-bond donors (Lipinski definition) is 2. The average molecular weight is 186 g/mol. The van der Waals surface area contributed by atoms with E-state index in [9.17, 15) is 9.90 Å². The summed E-state index contributed by atoms with van der Waals surface area (Å²) in [6.45, 7) is 5.87. The molecule has 0 radical (unpaired) electrons. The van der Waals surface area contributed by atoms with Gasteiger partial charge in [-0.1, -0.05) is 13.8 Å². The monoisotopic (exact) mass is 186 g/mol. The fourth-order valence-corrected chi connectivity index (χ4v) is 2.43. The normalized spacial score (nSPS) is 33.5. The maximum Gasteiger partial charge on any atom is 0.303 e. The number of rotatable bonds is 3. The number of aliphatic hydroxyl groups excluding tert-OH is 1. The maximum atomic E-state index is 10.5. The summed E-state index contributed by atoms with van der Waals surface area (Å²) in [6, 6.07) is 0. The van der Waals surface area contributed by atoms with Crippen LogP contribution >= 0.6 is 0 Å². The maximum absolute atomic E-state index is 10.5. The highest BCUT2D eigenvalue weighted by atomic mass is 16.4. The summed E-state index contributed by atoms with van der Waals surface area (Å²) in [5.74, 6) is -0.247. The SMILES string of the molecule is C[C@@H](O)[C@@H]1C[C@H](CC(=O)O)C1(C)C. The van der Waals surface area contributed by atoms with Crippen LogP contribution in [0.1, 0.15) is 33.6 Å². The highest BCUT2D eigenvalue weighted by molar-refractivity contribution is 5.67. The van der Waals surface area contributed by atoms with Gasteiger partial charge < -0.3 is 10.2 Å². The van der Waals surface area contributed by atoms with Crippen molar-refractivity contribution in [1.29, 1.82) is 0 Å². The highest BCUT2D eigenvalue weighted by Gasteiger charge is 2.50. The van der Waals surface area contributed by atoms with Crippen LogP contribution in [0.25, 0.3) is 0 Å². The molecule has 0 aromatic heterocycles. The molecule has 3 heteroatoms. The Hall–Kier alpha value is -0.570. The van der Waals surface area contributed by atoms with Gasteiger partial charge in [0.2, 0.25) is 0 Å². The van der Waals surface area contributed by atoms with E-state index in [1.165, 1.54) is 0 Å². The lowest BCUT2D eigenvalue weighted by Gasteiger charge is -2.53. The van der Waals surface area contributed by atoms with Crippen molar-refractivity contribution >= 4 is 5.97 Å². The van der Waals surface area contributed by atoms with Gasteiger partial charge in [-0.3, -0.25) is 4.79 Å². The lowest BCUT2D eigenvalue weighted by Crippen LogP contribution is -2.50. The van der Waals surface area contributed by atoms with Crippen molar-refractivity contribution in [3.05, 3.63) is 0 Å². The number of hydrogen-bond acceptors (Lipinski definition) is 2. The minimum Gasteiger partial charge on any atom is -0.481 e. The molecular weight excluding hydrogens is 168 g/mol. The molecule has 1 fully saturated rings. The van der Waals surface area contributed by atoms with Crippen LogP contribution in [-0.2, 0) is 4.79 Å². The van der Waals surface area contributed by atoms with Crippen molar-refractivity contribution in [1.82, 2.24) is 0 Å². The van der Waals surface area contributed by atoms with E-state index in [2.05, 4.69) is 0 Å². The van der Waals surface area contributed by atoms with E-state index in [-0.39, 0.29) is 29.8 Å². The van der Waals surface area contributed by atoms with Gasteiger partial charge in [-0.05, 0) is 30.6 Å². The van der Waals surface area contributed by atoms with Gasteiger partial charge in [0.25, 0.3) is 0 Å². The van der Waals surface area contributed by atoms with E-state index >= 15 is 0 Å². The van der Waals surface area contributed by atoms with Crippen LogP contribution in [0.5, 0.6) is 0 Å². The van der Waals surface area contributed by atoms with Gasteiger partial charge >= 0.3 is 5.97 Å². The molecule has 3 atom stereocenters. The van der Waals surface area contributed by atoms with E-state index in [4.69, 9.17) is 5.11 Å². The topological polar surface area (TPSA) is 57.5 Å². The summed E-state index contributed by atoms with van der Waals surface area (Å²) in [5.41, 5.74) is -0.0213. The van der Waals surface area contributed by atoms with Gasteiger partial charge in [0.05, 0.1) is 6.10 Å². The van der Waals surface area contributed by atoms with E-state index in [0.717, 1.165) is 6.42 Å². The van der Waals surface area contributed by atoms with E-state index in [0.29, 0.717) is 0 Å². The van der Waals surface area contributed by atoms with Crippen LogP contribution in [0.4, 0.5) is 0 Å². The Balaban J connectivity index is 2.54. The Morgan fingerprint density at radius 2 is 2.15 bits per heavy atom. The lowest BCUT2D eigenvalue weighted by atomic mass is 9.52. The quantitative estimate of drug-likeness (QED) is 0.702. The molecule has 0 heterocycles. The fourth-order valence-electron chi connectivity index (χ4n) is 2.43. The molecule has 1 aliphatic rings. The van der Waals surface area contributed by atoms with Crippen molar-refractivity contribution in [3.8, 4) is 0 Å². The van der Waals surface area contributed by atoms with Crippen LogP contribution in [-0.4, -0.2) is 22.3 Å². The molecule has 13 heavy (non-hydrogen) atoms. The van der Waals surface area contributed by atoms with Crippen LogP contribution in [0.15, 0.2) is 0 Å². The molecular formula is C10H18O3. The predicted octanol–water partition coefficient (Wildman–Crippen LogP) is 1.50. The first kappa shape index (κ1) is 10.5.